The van der Waals surface area contributed by atoms with E-state index in [-0.39, 0.29) is 175 Å². The van der Waals surface area contributed by atoms with Crippen molar-refractivity contribution < 1.29 is 101 Å². The van der Waals surface area contributed by atoms with Crippen LogP contribution >= 0.6 is 0 Å². The van der Waals surface area contributed by atoms with Gasteiger partial charge >= 0.3 is 5.97 Å². The standard InChI is InChI=1S/C96H165N11O21/c1-17-77-62(5)66(9)87(101-70(13)108)93(125-77)121-51-41-31-27-37-47-97-82(113)58-106(59-83(114)98-48-38-28-32-42-52-122-94-88(102-71(14)109)67(10)63(6)78(18-2)126-94)91(119)74-55-75(57-76(56-74)105-81(112)45-35-25-23-21-22-24-26-36-46-86(117)118)92(120)107(60-84(115)99-49-39-29-33-43-53-123-95-89(103-72(15)110)68(11)64(7)79(19-3)127-95)61-85(116)100-50-40-30-34-44-54-124-96-90(104-73(16)111)69(12)65(8)80(20-4)128-96/h55-57,62-69,77-80,87-90,93-96H,17-54,58-61H2,1-16H3,(H,97,113)(H,98,114)(H,99,115)(H,100,116)(H,101,108)(H,102,109)(H,103,110)(H,104,111)(H,105,112)(H,117,118). The van der Waals surface area contributed by atoms with Crippen LogP contribution in [0.15, 0.2) is 18.2 Å². The van der Waals surface area contributed by atoms with Gasteiger partial charge in [0.15, 0.2) is 25.2 Å². The smallest absolute Gasteiger partial charge is 0.303 e. The fourth-order valence-corrected chi connectivity index (χ4v) is 17.9. The van der Waals surface area contributed by atoms with Gasteiger partial charge in [0, 0.05) is 110 Å². The summed E-state index contributed by atoms with van der Waals surface area (Å²) in [5.41, 5.74) is -0.335. The number of ether oxygens (including phenoxy) is 8. The lowest BCUT2D eigenvalue weighted by molar-refractivity contribution is -0.236. The van der Waals surface area contributed by atoms with Gasteiger partial charge < -0.3 is 101 Å². The zero-order valence-corrected chi connectivity index (χ0v) is 80.5. The molecular weight excluding hydrogens is 1640 g/mol. The molecule has 1 aromatic carbocycles. The van der Waals surface area contributed by atoms with E-state index >= 15 is 9.59 Å². The Balaban J connectivity index is 1.37. The lowest BCUT2D eigenvalue weighted by Gasteiger charge is -2.44. The second-order valence-electron chi connectivity index (χ2n) is 36.5. The Morgan fingerprint density at radius 2 is 0.547 bits per heavy atom. The third kappa shape index (κ3) is 40.3. The van der Waals surface area contributed by atoms with E-state index in [1.54, 1.807) is 0 Å². The summed E-state index contributed by atoms with van der Waals surface area (Å²) in [6.45, 7) is 31.2. The Kier molecular flexibility index (Phi) is 53.2. The molecular formula is C96H165N11O21. The number of carboxylic acid groups (broad SMARTS) is 1. The van der Waals surface area contributed by atoms with Gasteiger partial charge in [0.2, 0.25) is 53.2 Å². The van der Waals surface area contributed by atoms with Crippen LogP contribution in [0, 0.1) is 47.3 Å². The number of anilines is 1. The number of carbonyl (C=O) groups is 12. The van der Waals surface area contributed by atoms with Crippen LogP contribution in [0.4, 0.5) is 5.69 Å². The topological polar surface area (TPSA) is 414 Å². The average Bonchev–Trinajstić information content (AvgIpc) is 0.831. The summed E-state index contributed by atoms with van der Waals surface area (Å²) >= 11 is 0. The first-order valence-corrected chi connectivity index (χ1v) is 48.7. The third-order valence-electron chi connectivity index (χ3n) is 26.3. The van der Waals surface area contributed by atoms with Crippen molar-refractivity contribution in [1.29, 1.82) is 0 Å². The number of aliphatic carboxylic acids is 1. The molecule has 20 unspecified atom stereocenters. The molecule has 4 heterocycles. The Bertz CT molecular complexity index is 3170. The minimum absolute atomic E-state index is 0.0154. The van der Waals surface area contributed by atoms with Crippen molar-refractivity contribution in [2.75, 3.05) is 84.1 Å². The molecule has 128 heavy (non-hydrogen) atoms. The maximum absolute atomic E-state index is 15.4. The van der Waals surface area contributed by atoms with Crippen LogP contribution in [-0.4, -0.2) is 238 Å². The summed E-state index contributed by atoms with van der Waals surface area (Å²) in [5.74, 6) is -4.48. The third-order valence-corrected chi connectivity index (χ3v) is 26.3. The monoisotopic (exact) mass is 1810 g/mol. The van der Waals surface area contributed by atoms with Crippen molar-refractivity contribution in [3.63, 3.8) is 0 Å². The first-order valence-electron chi connectivity index (χ1n) is 48.7. The molecule has 11 amide bonds. The van der Waals surface area contributed by atoms with Gasteiger partial charge in [0.05, 0.1) is 48.6 Å². The van der Waals surface area contributed by atoms with Crippen molar-refractivity contribution in [3.05, 3.63) is 29.3 Å². The second-order valence-corrected chi connectivity index (χ2v) is 36.5. The van der Waals surface area contributed by atoms with E-state index in [1.807, 2.05) is 0 Å². The Morgan fingerprint density at radius 1 is 0.312 bits per heavy atom. The molecule has 4 aliphatic heterocycles. The number of rotatable bonds is 62. The van der Waals surface area contributed by atoms with E-state index in [0.717, 1.165) is 99.7 Å². The average molecular weight is 1810 g/mol. The Hall–Kier alpha value is -7.46. The summed E-state index contributed by atoms with van der Waals surface area (Å²) in [5, 5.41) is 35.7. The number of unbranched alkanes of at least 4 members (excludes halogenated alkanes) is 19. The maximum atomic E-state index is 15.4. The van der Waals surface area contributed by atoms with Gasteiger partial charge in [-0.25, -0.2) is 0 Å². The molecule has 32 heteroatoms. The summed E-state index contributed by atoms with van der Waals surface area (Å²) in [6.07, 6.45) is 18.0. The van der Waals surface area contributed by atoms with Gasteiger partial charge in [-0.2, -0.15) is 0 Å². The fourth-order valence-electron chi connectivity index (χ4n) is 17.9. The number of carboxylic acids is 1. The molecule has 0 saturated carbocycles. The van der Waals surface area contributed by atoms with Gasteiger partial charge in [-0.1, -0.05) is 173 Å². The molecule has 5 rings (SSSR count). The SMILES string of the molecule is CCC1OC(OCCCCCCNC(=O)CN(CC(=O)NCCCCCCOC2OC(CC)C(C)C(C)C2NC(C)=O)C(=O)c2cc(NC(=O)CCCCCCCCCCC(=O)O)cc(C(=O)N(CC(=O)NCCCCCCOC3OC(CC)C(C)C(C)C3NC(C)=O)CC(=O)NCCCCCCOC3OC(CC)C(C)C(C)C3NC(C)=O)c2)C(NC(C)=O)C(C)C1C. The van der Waals surface area contributed by atoms with E-state index in [1.165, 1.54) is 45.9 Å². The number of carbonyl (C=O) groups excluding carboxylic acids is 11. The predicted octanol–water partition coefficient (Wildman–Crippen LogP) is 11.9. The highest BCUT2D eigenvalue weighted by molar-refractivity contribution is 6.05. The highest BCUT2D eigenvalue weighted by atomic mass is 16.7. The highest BCUT2D eigenvalue weighted by Crippen LogP contribution is 2.38. The van der Waals surface area contributed by atoms with Gasteiger partial charge in [-0.05, 0) is 155 Å². The zero-order chi connectivity index (χ0) is 94.2. The normalized spacial score (nSPS) is 25.7. The van der Waals surface area contributed by atoms with Crippen molar-refractivity contribution in [2.24, 2.45) is 47.3 Å². The molecule has 0 bridgehead atoms. The van der Waals surface area contributed by atoms with Crippen LogP contribution in [0.25, 0.3) is 0 Å². The van der Waals surface area contributed by atoms with E-state index in [0.29, 0.717) is 116 Å². The van der Waals surface area contributed by atoms with Crippen LogP contribution < -0.4 is 47.9 Å². The number of nitrogens with zero attached hydrogens (tertiary/aromatic N) is 2. The number of benzene rings is 1. The van der Waals surface area contributed by atoms with Crippen LogP contribution in [0.3, 0.4) is 0 Å². The number of hydrogen-bond donors (Lipinski definition) is 10. The molecule has 1 aromatic rings. The van der Waals surface area contributed by atoms with Crippen molar-refractivity contribution >= 4 is 76.6 Å². The zero-order valence-electron chi connectivity index (χ0n) is 80.5. The van der Waals surface area contributed by atoms with Gasteiger partial charge in [-0.3, -0.25) is 57.5 Å². The van der Waals surface area contributed by atoms with E-state index in [2.05, 4.69) is 131 Å². The molecule has 0 aliphatic carbocycles. The number of nitrogens with one attached hydrogen (secondary N) is 9. The Morgan fingerprint density at radius 3 is 0.789 bits per heavy atom. The van der Waals surface area contributed by atoms with Crippen LogP contribution in [0.2, 0.25) is 0 Å². The maximum Gasteiger partial charge on any atom is 0.303 e. The molecule has 20 atom stereocenters. The minimum atomic E-state index is -0.839. The molecule has 4 saturated heterocycles. The quantitative estimate of drug-likeness (QED) is 0.0271. The largest absolute Gasteiger partial charge is 0.481 e. The highest BCUT2D eigenvalue weighted by Gasteiger charge is 2.46. The summed E-state index contributed by atoms with van der Waals surface area (Å²) in [6, 6.07) is 2.80. The molecule has 0 aromatic heterocycles. The summed E-state index contributed by atoms with van der Waals surface area (Å²) in [7, 11) is 0. The fraction of sp³-hybridized carbons (Fsp3) is 0.812. The molecule has 32 nitrogen and oxygen atoms in total. The summed E-state index contributed by atoms with van der Waals surface area (Å²) in [4.78, 5) is 164. The molecule has 730 valence electrons. The molecule has 0 spiro atoms. The predicted molar refractivity (Wildman–Crippen MR) is 490 cm³/mol. The van der Waals surface area contributed by atoms with Crippen molar-refractivity contribution in [3.8, 4) is 0 Å². The lowest BCUT2D eigenvalue weighted by Crippen LogP contribution is -2.57. The minimum Gasteiger partial charge on any atom is -0.481 e. The second kappa shape index (κ2) is 61.3. The first kappa shape index (κ1) is 111. The van der Waals surface area contributed by atoms with Gasteiger partial charge in [-0.15, -0.1) is 0 Å². The Labute approximate surface area is 763 Å². The number of hydrogen-bond acceptors (Lipinski definition) is 20. The van der Waals surface area contributed by atoms with Crippen molar-refractivity contribution in [1.82, 2.24) is 52.3 Å². The van der Waals surface area contributed by atoms with Crippen molar-refractivity contribution in [2.45, 2.75) is 377 Å². The molecule has 0 radical (unpaired) electrons. The number of amides is 11. The van der Waals surface area contributed by atoms with Gasteiger partial charge in [0.25, 0.3) is 11.8 Å². The van der Waals surface area contributed by atoms with E-state index < -0.39 is 98.7 Å². The summed E-state index contributed by atoms with van der Waals surface area (Å²) < 4.78 is 50.4. The molecule has 10 N–H and O–H groups in total. The van der Waals surface area contributed by atoms with Crippen LogP contribution in [0.5, 0.6) is 0 Å². The van der Waals surface area contributed by atoms with Crippen LogP contribution in [0.1, 0.15) is 324 Å². The molecule has 4 aliphatic rings. The van der Waals surface area contributed by atoms with E-state index in [4.69, 9.17) is 43.0 Å². The van der Waals surface area contributed by atoms with Crippen LogP contribution in [-0.2, 0) is 85.8 Å². The lowest BCUT2D eigenvalue weighted by atomic mass is 9.81. The first-order chi connectivity index (χ1) is 61.2. The molecule has 4 fully saturated rings. The van der Waals surface area contributed by atoms with E-state index in [9.17, 15) is 47.9 Å². The van der Waals surface area contributed by atoms with Gasteiger partial charge in [0.1, 0.15) is 26.2 Å².